The molecule has 6 N–H and O–H groups in total. The van der Waals surface area contributed by atoms with E-state index in [1.54, 1.807) is 46.3 Å². The number of aryl methyl sites for hydroxylation is 1. The van der Waals surface area contributed by atoms with Gasteiger partial charge in [-0.2, -0.15) is 0 Å². The number of likely N-dealkylation sites (tertiary alicyclic amines) is 1. The summed E-state index contributed by atoms with van der Waals surface area (Å²) in [7, 11) is 0. The van der Waals surface area contributed by atoms with Crippen LogP contribution < -0.4 is 16.8 Å². The van der Waals surface area contributed by atoms with Crippen molar-refractivity contribution in [3.05, 3.63) is 118 Å². The van der Waals surface area contributed by atoms with E-state index >= 15 is 0 Å². The molecule has 7 rings (SSSR count). The van der Waals surface area contributed by atoms with Crippen molar-refractivity contribution in [2.24, 2.45) is 17.4 Å². The first kappa shape index (κ1) is 49.9. The number of rotatable bonds is 14. The number of anilines is 1. The number of piperidine rings is 1. The number of alkyl halides is 1. The maximum atomic E-state index is 15.0. The van der Waals surface area contributed by atoms with Crippen LogP contribution in [0.25, 0.3) is 11.1 Å². The van der Waals surface area contributed by atoms with Gasteiger partial charge in [0.1, 0.15) is 11.7 Å². The summed E-state index contributed by atoms with van der Waals surface area (Å²) in [5.74, 6) is -2.22. The summed E-state index contributed by atoms with van der Waals surface area (Å²) in [6.45, 7) is 8.88. The average molecular weight is 938 g/mol. The lowest BCUT2D eigenvalue weighted by molar-refractivity contribution is -0.134. The summed E-state index contributed by atoms with van der Waals surface area (Å²) >= 11 is 5.82. The third-order valence-electron chi connectivity index (χ3n) is 12.5. The molecule has 4 heterocycles. The first-order valence-electron chi connectivity index (χ1n) is 22.5. The van der Waals surface area contributed by atoms with E-state index in [2.05, 4.69) is 44.9 Å². The molecule has 3 fully saturated rings. The lowest BCUT2D eigenvalue weighted by Gasteiger charge is -2.40. The summed E-state index contributed by atoms with van der Waals surface area (Å²) in [5.41, 5.74) is 14.3. The molecular weight excluding hydrogens is 879 g/mol. The predicted molar refractivity (Wildman–Crippen MR) is 255 cm³/mol. The zero-order valence-electron chi connectivity index (χ0n) is 37.7. The topological polar surface area (TPSA) is 219 Å². The Morgan fingerprint density at radius 1 is 0.776 bits per heavy atom. The van der Waals surface area contributed by atoms with Gasteiger partial charge in [-0.3, -0.25) is 33.7 Å². The van der Waals surface area contributed by atoms with Crippen molar-refractivity contribution in [2.75, 3.05) is 89.7 Å². The van der Waals surface area contributed by atoms with Gasteiger partial charge in [0.15, 0.2) is 5.69 Å². The van der Waals surface area contributed by atoms with Gasteiger partial charge in [-0.1, -0.05) is 55.5 Å². The summed E-state index contributed by atoms with van der Waals surface area (Å²) in [6.07, 6.45) is 4.59. The Hall–Kier alpha value is -6.56. The SMILES string of the molecule is CCc1cccc(-c2cnc(C(=O)N3CCC(CN4CCN(CC(=O)N5CCN(C(=O)c6cc(CC(=N)c7ccccc7C(N)=O)ccc6F)CC5)CC4)CC3)c(NC(=O)CCl)c2)c1.NC=O. The molecule has 6 amide bonds. The average Bonchev–Trinajstić information content (AvgIpc) is 3.35. The van der Waals surface area contributed by atoms with Gasteiger partial charge in [0.25, 0.3) is 11.8 Å². The maximum absolute atomic E-state index is 15.0. The van der Waals surface area contributed by atoms with Crippen LogP contribution in [-0.4, -0.2) is 156 Å². The number of hydrogen-bond acceptors (Lipinski definition) is 10. The van der Waals surface area contributed by atoms with Crippen LogP contribution in [0.15, 0.2) is 79.0 Å². The highest BCUT2D eigenvalue weighted by atomic mass is 35.5. The molecule has 18 heteroatoms. The monoisotopic (exact) mass is 936 g/mol. The van der Waals surface area contributed by atoms with E-state index in [4.69, 9.17) is 27.5 Å². The van der Waals surface area contributed by atoms with Crippen LogP contribution in [0.1, 0.15) is 67.7 Å². The van der Waals surface area contributed by atoms with E-state index in [1.807, 2.05) is 17.0 Å². The summed E-state index contributed by atoms with van der Waals surface area (Å²) in [4.78, 5) is 87.7. The van der Waals surface area contributed by atoms with E-state index < -0.39 is 23.5 Å². The van der Waals surface area contributed by atoms with Crippen LogP contribution in [0.2, 0.25) is 0 Å². The summed E-state index contributed by atoms with van der Waals surface area (Å²) < 4.78 is 15.0. The Labute approximate surface area is 394 Å². The maximum Gasteiger partial charge on any atom is 0.274 e. The van der Waals surface area contributed by atoms with Crippen molar-refractivity contribution >= 4 is 58.9 Å². The molecular formula is C49H58ClFN10O6. The van der Waals surface area contributed by atoms with Crippen LogP contribution in [-0.2, 0) is 27.2 Å². The van der Waals surface area contributed by atoms with Crippen LogP contribution in [0.4, 0.5) is 10.1 Å². The van der Waals surface area contributed by atoms with Crippen LogP contribution in [0.5, 0.6) is 0 Å². The van der Waals surface area contributed by atoms with Crippen molar-refractivity contribution in [1.29, 1.82) is 5.41 Å². The summed E-state index contributed by atoms with van der Waals surface area (Å²) in [5, 5.41) is 11.4. The molecule has 4 aromatic rings. The normalized spacial score (nSPS) is 15.8. The number of hydrogen-bond donors (Lipinski definition) is 4. The lowest BCUT2D eigenvalue weighted by Crippen LogP contribution is -2.55. The molecule has 0 spiro atoms. The van der Waals surface area contributed by atoms with Gasteiger partial charge in [-0.15, -0.1) is 11.6 Å². The Kier molecular flexibility index (Phi) is 17.7. The number of amides is 6. The van der Waals surface area contributed by atoms with Crippen molar-refractivity contribution < 1.29 is 33.2 Å². The Morgan fingerprint density at radius 3 is 2.07 bits per heavy atom. The van der Waals surface area contributed by atoms with Crippen molar-refractivity contribution in [2.45, 2.75) is 32.6 Å². The molecule has 0 radical (unpaired) electrons. The van der Waals surface area contributed by atoms with E-state index in [9.17, 15) is 28.4 Å². The number of nitrogens with two attached hydrogens (primary N) is 2. The molecule has 1 aromatic heterocycles. The molecule has 0 saturated carbocycles. The molecule has 0 atom stereocenters. The number of halogens is 2. The number of primary amides is 2. The quantitative estimate of drug-likeness (QED) is 0.0818. The van der Waals surface area contributed by atoms with Crippen LogP contribution >= 0.6 is 11.6 Å². The molecule has 0 bridgehead atoms. The second-order valence-corrected chi connectivity index (χ2v) is 17.1. The molecule has 3 saturated heterocycles. The minimum absolute atomic E-state index is 0.000674. The Bertz CT molecular complexity index is 2450. The Balaban J connectivity index is 0.00000240. The van der Waals surface area contributed by atoms with Gasteiger partial charge in [0, 0.05) is 107 Å². The zero-order chi connectivity index (χ0) is 48.0. The molecule has 3 aliphatic rings. The van der Waals surface area contributed by atoms with Gasteiger partial charge in [0.2, 0.25) is 24.1 Å². The largest absolute Gasteiger partial charge is 0.372 e. The highest BCUT2D eigenvalue weighted by Gasteiger charge is 2.31. The highest BCUT2D eigenvalue weighted by molar-refractivity contribution is 6.29. The molecule has 0 unspecified atom stereocenters. The number of piperazine rings is 2. The van der Waals surface area contributed by atoms with Gasteiger partial charge in [0.05, 0.1) is 17.8 Å². The number of nitrogens with one attached hydrogen (secondary N) is 2. The number of carbonyl (C=O) groups is 6. The van der Waals surface area contributed by atoms with Crippen molar-refractivity contribution in [1.82, 2.24) is 29.5 Å². The second-order valence-electron chi connectivity index (χ2n) is 16.9. The van der Waals surface area contributed by atoms with Crippen LogP contribution in [0, 0.1) is 17.1 Å². The first-order valence-corrected chi connectivity index (χ1v) is 23.0. The van der Waals surface area contributed by atoms with Crippen molar-refractivity contribution in [3.63, 3.8) is 0 Å². The van der Waals surface area contributed by atoms with E-state index in [0.717, 1.165) is 63.1 Å². The second kappa shape index (κ2) is 23.8. The van der Waals surface area contributed by atoms with Gasteiger partial charge in [-0.25, -0.2) is 9.37 Å². The smallest absolute Gasteiger partial charge is 0.274 e. The number of carbonyl (C=O) groups excluding carboxylic acids is 6. The minimum atomic E-state index is -0.662. The summed E-state index contributed by atoms with van der Waals surface area (Å²) in [6, 6.07) is 20.6. The highest BCUT2D eigenvalue weighted by Crippen LogP contribution is 2.28. The fourth-order valence-corrected chi connectivity index (χ4v) is 8.80. The lowest BCUT2D eigenvalue weighted by atomic mass is 9.95. The fraction of sp³-hybridized carbons (Fsp3) is 0.388. The minimum Gasteiger partial charge on any atom is -0.372 e. The predicted octanol–water partition coefficient (Wildman–Crippen LogP) is 3.89. The number of nitrogens with zero attached hydrogens (tertiary/aromatic N) is 6. The number of pyridine rings is 1. The third kappa shape index (κ3) is 13.1. The molecule has 354 valence electrons. The number of aromatic nitrogens is 1. The van der Waals surface area contributed by atoms with E-state index in [-0.39, 0.29) is 72.7 Å². The first-order chi connectivity index (χ1) is 32.3. The third-order valence-corrected chi connectivity index (χ3v) is 12.7. The Morgan fingerprint density at radius 2 is 1.42 bits per heavy atom. The molecule has 3 aliphatic heterocycles. The van der Waals surface area contributed by atoms with E-state index in [1.165, 1.54) is 23.8 Å². The van der Waals surface area contributed by atoms with Crippen molar-refractivity contribution in [3.8, 4) is 11.1 Å². The standard InChI is InChI=1S/C48H55ClFN9O5.CH3NO/c1-2-32-6-5-7-35(24-32)36-27-42(54-43(60)28-49)45(53-29-36)48(64)58-14-12-33(13-15-58)30-55-16-18-56(19-17-55)31-44(61)57-20-22-59(23-21-57)47(63)39-25-34(10-11-40(39)50)26-41(51)37-8-3-4-9-38(37)46(52)62;2-1-3/h3-11,24-25,27,29,33,51H,2,12-23,26,28,30-31H2,1H3,(H2,52,62)(H,54,60);1H,(H2,2,3). The molecule has 3 aromatic carbocycles. The van der Waals surface area contributed by atoms with Gasteiger partial charge < -0.3 is 41.8 Å². The van der Waals surface area contributed by atoms with Crippen LogP contribution in [0.3, 0.4) is 0 Å². The van der Waals surface area contributed by atoms with E-state index in [0.29, 0.717) is 48.9 Å². The van der Waals surface area contributed by atoms with Gasteiger partial charge in [-0.05, 0) is 66.1 Å². The molecule has 67 heavy (non-hydrogen) atoms. The molecule has 0 aliphatic carbocycles. The van der Waals surface area contributed by atoms with Gasteiger partial charge >= 0.3 is 0 Å². The molecule has 16 nitrogen and oxygen atoms in total. The fourth-order valence-electron chi connectivity index (χ4n) is 8.73. The number of benzene rings is 3. The zero-order valence-corrected chi connectivity index (χ0v) is 38.5.